The number of rotatable bonds is 9. The van der Waals surface area contributed by atoms with Crippen molar-refractivity contribution in [1.82, 2.24) is 14.5 Å². The van der Waals surface area contributed by atoms with E-state index in [2.05, 4.69) is 42.8 Å². The summed E-state index contributed by atoms with van der Waals surface area (Å²) in [6.45, 7) is 9.00. The van der Waals surface area contributed by atoms with Crippen LogP contribution in [0.25, 0.3) is 0 Å². The average molecular weight is 291 g/mol. The number of hydrogen-bond acceptors (Lipinski definition) is 3. The minimum atomic E-state index is 0.183. The van der Waals surface area contributed by atoms with Gasteiger partial charge in [0.25, 0.3) is 0 Å². The van der Waals surface area contributed by atoms with E-state index in [9.17, 15) is 5.11 Å². The fraction of sp³-hybridized carbons (Fsp3) is 0.588. The molecule has 0 aliphatic heterocycles. The molecule has 0 aliphatic rings. The molecule has 0 unspecified atom stereocenters. The second kappa shape index (κ2) is 9.53. The molecule has 1 aromatic rings. The molecule has 21 heavy (non-hydrogen) atoms. The first-order valence-corrected chi connectivity index (χ1v) is 7.60. The molecule has 1 aromatic heterocycles. The molecule has 0 bridgehead atoms. The summed E-state index contributed by atoms with van der Waals surface area (Å²) in [6.07, 6.45) is 10.4. The fourth-order valence-electron chi connectivity index (χ4n) is 2.12. The Morgan fingerprint density at radius 3 is 2.67 bits per heavy atom. The highest BCUT2D eigenvalue weighted by Crippen LogP contribution is 2.08. The zero-order valence-electron chi connectivity index (χ0n) is 13.8. The van der Waals surface area contributed by atoms with Crippen molar-refractivity contribution in [3.05, 3.63) is 41.5 Å². The molecule has 0 fully saturated rings. The van der Waals surface area contributed by atoms with E-state index >= 15 is 0 Å². The number of aliphatic hydroxyl groups is 1. The van der Waals surface area contributed by atoms with Crippen molar-refractivity contribution in [2.75, 3.05) is 19.7 Å². The van der Waals surface area contributed by atoms with Gasteiger partial charge >= 0.3 is 0 Å². The molecule has 0 radical (unpaired) electrons. The molecule has 0 saturated heterocycles. The Morgan fingerprint density at radius 1 is 1.33 bits per heavy atom. The van der Waals surface area contributed by atoms with Crippen LogP contribution in [0.3, 0.4) is 0 Å². The molecular formula is C17H29N3O. The van der Waals surface area contributed by atoms with Crippen LogP contribution in [0.5, 0.6) is 0 Å². The molecule has 1 rings (SSSR count). The predicted molar refractivity (Wildman–Crippen MR) is 88.0 cm³/mol. The minimum Gasteiger partial charge on any atom is -0.395 e. The first kappa shape index (κ1) is 17.7. The van der Waals surface area contributed by atoms with Crippen molar-refractivity contribution in [3.63, 3.8) is 0 Å². The van der Waals surface area contributed by atoms with Gasteiger partial charge in [-0.25, -0.2) is 4.98 Å². The number of nitrogens with zero attached hydrogens (tertiary/aromatic N) is 3. The Morgan fingerprint density at radius 2 is 2.10 bits per heavy atom. The normalized spacial score (nSPS) is 12.0. The highest BCUT2D eigenvalue weighted by Gasteiger charge is 2.06. The van der Waals surface area contributed by atoms with E-state index in [0.29, 0.717) is 6.54 Å². The number of aliphatic hydroxyl groups excluding tert-OH is 1. The molecular weight excluding hydrogens is 262 g/mol. The summed E-state index contributed by atoms with van der Waals surface area (Å²) >= 11 is 0. The first-order chi connectivity index (χ1) is 10.0. The van der Waals surface area contributed by atoms with Crippen LogP contribution in [0.1, 0.15) is 39.3 Å². The zero-order chi connectivity index (χ0) is 15.7. The molecule has 0 amide bonds. The number of aromatic nitrogens is 2. The SMILES string of the molecule is CC(C)=CCC/C(C)=C/CN(CCO)Cc1cncn1C. The second-order valence-electron chi connectivity index (χ2n) is 5.83. The summed E-state index contributed by atoms with van der Waals surface area (Å²) in [7, 11) is 2.00. The highest BCUT2D eigenvalue weighted by atomic mass is 16.3. The van der Waals surface area contributed by atoms with Crippen molar-refractivity contribution in [2.24, 2.45) is 7.05 Å². The molecule has 1 heterocycles. The second-order valence-corrected chi connectivity index (χ2v) is 5.83. The molecule has 0 spiro atoms. The van der Waals surface area contributed by atoms with Crippen LogP contribution in [-0.4, -0.2) is 39.3 Å². The maximum Gasteiger partial charge on any atom is 0.0945 e. The number of allylic oxidation sites excluding steroid dienone is 3. The summed E-state index contributed by atoms with van der Waals surface area (Å²) in [5.41, 5.74) is 3.94. The minimum absolute atomic E-state index is 0.183. The molecule has 4 heteroatoms. The van der Waals surface area contributed by atoms with E-state index < -0.39 is 0 Å². The van der Waals surface area contributed by atoms with E-state index in [1.807, 2.05) is 24.1 Å². The molecule has 0 aliphatic carbocycles. The van der Waals surface area contributed by atoms with Gasteiger partial charge in [-0.2, -0.15) is 0 Å². The third-order valence-electron chi connectivity index (χ3n) is 3.51. The monoisotopic (exact) mass is 291 g/mol. The van der Waals surface area contributed by atoms with Crippen LogP contribution in [-0.2, 0) is 13.6 Å². The smallest absolute Gasteiger partial charge is 0.0945 e. The molecule has 4 nitrogen and oxygen atoms in total. The molecule has 0 saturated carbocycles. The van der Waals surface area contributed by atoms with Crippen molar-refractivity contribution >= 4 is 0 Å². The van der Waals surface area contributed by atoms with Crippen molar-refractivity contribution in [2.45, 2.75) is 40.2 Å². The third kappa shape index (κ3) is 7.25. The van der Waals surface area contributed by atoms with Crippen molar-refractivity contribution < 1.29 is 5.11 Å². The van der Waals surface area contributed by atoms with Crippen LogP contribution in [0.4, 0.5) is 0 Å². The van der Waals surface area contributed by atoms with E-state index in [-0.39, 0.29) is 6.61 Å². The van der Waals surface area contributed by atoms with Crippen LogP contribution in [0.15, 0.2) is 35.8 Å². The lowest BCUT2D eigenvalue weighted by Gasteiger charge is -2.20. The van der Waals surface area contributed by atoms with Crippen LogP contribution in [0.2, 0.25) is 0 Å². The van der Waals surface area contributed by atoms with Gasteiger partial charge in [0.1, 0.15) is 0 Å². The topological polar surface area (TPSA) is 41.3 Å². The quantitative estimate of drug-likeness (QED) is 0.711. The van der Waals surface area contributed by atoms with Gasteiger partial charge in [-0.3, -0.25) is 4.90 Å². The summed E-state index contributed by atoms with van der Waals surface area (Å²) in [5, 5.41) is 9.21. The molecule has 118 valence electrons. The van der Waals surface area contributed by atoms with E-state index in [0.717, 1.165) is 25.9 Å². The summed E-state index contributed by atoms with van der Waals surface area (Å²) in [4.78, 5) is 6.38. The van der Waals surface area contributed by atoms with Gasteiger partial charge in [0.05, 0.1) is 18.6 Å². The molecule has 0 aromatic carbocycles. The van der Waals surface area contributed by atoms with Gasteiger partial charge in [0.15, 0.2) is 0 Å². The van der Waals surface area contributed by atoms with Crippen LogP contribution >= 0.6 is 0 Å². The van der Waals surface area contributed by atoms with E-state index in [1.165, 1.54) is 16.8 Å². The predicted octanol–water partition coefficient (Wildman–Crippen LogP) is 2.91. The van der Waals surface area contributed by atoms with Crippen LogP contribution in [0, 0.1) is 0 Å². The lowest BCUT2D eigenvalue weighted by molar-refractivity contribution is 0.200. The Kier molecular flexibility index (Phi) is 8.01. The zero-order valence-corrected chi connectivity index (χ0v) is 13.8. The average Bonchev–Trinajstić information content (AvgIpc) is 2.81. The lowest BCUT2D eigenvalue weighted by Crippen LogP contribution is -2.27. The Labute approximate surface area is 128 Å². The highest BCUT2D eigenvalue weighted by molar-refractivity contribution is 5.04. The number of aryl methyl sites for hydroxylation is 1. The summed E-state index contributed by atoms with van der Waals surface area (Å²) < 4.78 is 2.02. The first-order valence-electron chi connectivity index (χ1n) is 7.60. The Balaban J connectivity index is 2.50. The van der Waals surface area contributed by atoms with Gasteiger partial charge < -0.3 is 9.67 Å². The summed E-state index contributed by atoms with van der Waals surface area (Å²) in [5.74, 6) is 0. The van der Waals surface area contributed by atoms with E-state index in [4.69, 9.17) is 0 Å². The lowest BCUT2D eigenvalue weighted by atomic mass is 10.1. The van der Waals surface area contributed by atoms with Crippen LogP contribution < -0.4 is 0 Å². The van der Waals surface area contributed by atoms with Crippen molar-refractivity contribution in [3.8, 4) is 0 Å². The Bertz CT molecular complexity index is 470. The largest absolute Gasteiger partial charge is 0.395 e. The van der Waals surface area contributed by atoms with Gasteiger partial charge in [-0.15, -0.1) is 0 Å². The van der Waals surface area contributed by atoms with E-state index in [1.54, 1.807) is 0 Å². The Hall–Kier alpha value is -1.39. The third-order valence-corrected chi connectivity index (χ3v) is 3.51. The van der Waals surface area contributed by atoms with Gasteiger partial charge in [0, 0.05) is 32.9 Å². The van der Waals surface area contributed by atoms with Crippen molar-refractivity contribution in [1.29, 1.82) is 0 Å². The van der Waals surface area contributed by atoms with Gasteiger partial charge in [-0.1, -0.05) is 23.3 Å². The fourth-order valence-corrected chi connectivity index (χ4v) is 2.12. The standard InChI is InChI=1S/C17H29N3O/c1-15(2)6-5-7-16(3)8-9-20(10-11-21)13-17-12-18-14-19(17)4/h6,8,12,14,21H,5,7,9-11,13H2,1-4H3/b16-8+. The van der Waals surface area contributed by atoms with Gasteiger partial charge in [-0.05, 0) is 33.6 Å². The number of imidazole rings is 1. The molecule has 1 N–H and O–H groups in total. The maximum absolute atomic E-state index is 9.21. The molecule has 0 atom stereocenters. The number of hydrogen-bond donors (Lipinski definition) is 1. The maximum atomic E-state index is 9.21. The van der Waals surface area contributed by atoms with Gasteiger partial charge in [0.2, 0.25) is 0 Å². The summed E-state index contributed by atoms with van der Waals surface area (Å²) in [6, 6.07) is 0.